The van der Waals surface area contributed by atoms with Crippen molar-refractivity contribution in [2.75, 3.05) is 18.8 Å². The summed E-state index contributed by atoms with van der Waals surface area (Å²) in [6.45, 7) is 4.68. The lowest BCUT2D eigenvalue weighted by Crippen LogP contribution is -2.37. The normalized spacial score (nSPS) is 14.7. The average molecular weight is 290 g/mol. The molecule has 18 heavy (non-hydrogen) atoms. The van der Waals surface area contributed by atoms with Crippen LogP contribution in [0.3, 0.4) is 0 Å². The summed E-state index contributed by atoms with van der Waals surface area (Å²) in [5.74, 6) is -0.138. The molecule has 0 saturated heterocycles. The van der Waals surface area contributed by atoms with Crippen molar-refractivity contribution in [2.24, 2.45) is 0 Å². The zero-order valence-corrected chi connectivity index (χ0v) is 11.5. The summed E-state index contributed by atoms with van der Waals surface area (Å²) in [5, 5.41) is 3.04. The number of halogens is 3. The van der Waals surface area contributed by atoms with Crippen molar-refractivity contribution in [1.29, 1.82) is 0 Å². The zero-order chi connectivity index (χ0) is 14.2. The maximum Gasteiger partial charge on any atom is 0.390 e. The van der Waals surface area contributed by atoms with E-state index in [9.17, 15) is 21.6 Å². The average Bonchev–Trinajstić information content (AvgIpc) is 2.12. The first-order chi connectivity index (χ1) is 8.16. The van der Waals surface area contributed by atoms with Crippen molar-refractivity contribution < 1.29 is 21.6 Å². The molecular weight excluding hydrogens is 269 g/mol. The first kappa shape index (κ1) is 17.7. The molecule has 0 radical (unpaired) electrons. The first-order valence-electron chi connectivity index (χ1n) is 5.94. The summed E-state index contributed by atoms with van der Waals surface area (Å²) < 4.78 is 61.0. The molecule has 0 amide bonds. The monoisotopic (exact) mass is 290 g/mol. The number of rotatable bonds is 9. The van der Waals surface area contributed by atoms with E-state index in [1.54, 1.807) is 0 Å². The van der Waals surface area contributed by atoms with E-state index >= 15 is 0 Å². The quantitative estimate of drug-likeness (QED) is 0.635. The number of unbranched alkanes of at least 4 members (excludes halogenated alkanes) is 1. The second-order valence-electron chi connectivity index (χ2n) is 4.22. The molecule has 110 valence electrons. The molecule has 8 heteroatoms. The van der Waals surface area contributed by atoms with Crippen molar-refractivity contribution >= 4 is 10.0 Å². The van der Waals surface area contributed by atoms with Crippen LogP contribution in [0, 0.1) is 0 Å². The number of alkyl halides is 3. The standard InChI is InChI=1S/C10H21F3N2O2S/c1-3-14-6-4-5-7-18(16,17)15-9(2)8-10(11,12)13/h9,14-15H,3-8H2,1-2H3. The maximum atomic E-state index is 12.0. The van der Waals surface area contributed by atoms with Crippen molar-refractivity contribution in [1.82, 2.24) is 10.0 Å². The van der Waals surface area contributed by atoms with Crippen molar-refractivity contribution in [3.63, 3.8) is 0 Å². The van der Waals surface area contributed by atoms with Gasteiger partial charge in [-0.15, -0.1) is 0 Å². The second kappa shape index (κ2) is 7.96. The molecule has 1 unspecified atom stereocenters. The van der Waals surface area contributed by atoms with Gasteiger partial charge in [-0.25, -0.2) is 13.1 Å². The van der Waals surface area contributed by atoms with Gasteiger partial charge in [0.15, 0.2) is 0 Å². The Bertz CT molecular complexity index is 318. The Morgan fingerprint density at radius 1 is 1.22 bits per heavy atom. The van der Waals surface area contributed by atoms with Gasteiger partial charge in [0.25, 0.3) is 0 Å². The van der Waals surface area contributed by atoms with E-state index in [2.05, 4.69) is 5.32 Å². The minimum Gasteiger partial charge on any atom is -0.317 e. The SMILES string of the molecule is CCNCCCCS(=O)(=O)NC(C)CC(F)(F)F. The first-order valence-corrected chi connectivity index (χ1v) is 7.59. The van der Waals surface area contributed by atoms with E-state index in [0.29, 0.717) is 19.4 Å². The molecule has 1 atom stereocenters. The molecule has 2 N–H and O–H groups in total. The van der Waals surface area contributed by atoms with Gasteiger partial charge in [0, 0.05) is 6.04 Å². The summed E-state index contributed by atoms with van der Waals surface area (Å²) in [4.78, 5) is 0. The van der Waals surface area contributed by atoms with Crippen molar-refractivity contribution in [3.05, 3.63) is 0 Å². The van der Waals surface area contributed by atoms with Crippen LogP contribution in [-0.2, 0) is 10.0 Å². The fourth-order valence-corrected chi connectivity index (χ4v) is 2.87. The highest BCUT2D eigenvalue weighted by Crippen LogP contribution is 2.21. The molecule has 0 aromatic rings. The Kier molecular flexibility index (Phi) is 7.81. The third-order valence-corrected chi connectivity index (χ3v) is 3.77. The van der Waals surface area contributed by atoms with Crippen LogP contribution in [0.25, 0.3) is 0 Å². The van der Waals surface area contributed by atoms with E-state index in [4.69, 9.17) is 0 Å². The van der Waals surface area contributed by atoms with Gasteiger partial charge in [0.1, 0.15) is 0 Å². The summed E-state index contributed by atoms with van der Waals surface area (Å²) in [5.41, 5.74) is 0. The summed E-state index contributed by atoms with van der Waals surface area (Å²) >= 11 is 0. The van der Waals surface area contributed by atoms with Gasteiger partial charge in [0.2, 0.25) is 10.0 Å². The molecule has 0 aliphatic carbocycles. The summed E-state index contributed by atoms with van der Waals surface area (Å²) in [7, 11) is -3.62. The van der Waals surface area contributed by atoms with E-state index in [1.165, 1.54) is 6.92 Å². The van der Waals surface area contributed by atoms with Gasteiger partial charge in [-0.3, -0.25) is 0 Å². The van der Waals surface area contributed by atoms with Crippen molar-refractivity contribution in [3.8, 4) is 0 Å². The van der Waals surface area contributed by atoms with Crippen LogP contribution >= 0.6 is 0 Å². The molecule has 0 aromatic heterocycles. The van der Waals surface area contributed by atoms with Crippen LogP contribution in [0.4, 0.5) is 13.2 Å². The Labute approximate surface area is 106 Å². The predicted octanol–water partition coefficient (Wildman–Crippen LogP) is 1.64. The summed E-state index contributed by atoms with van der Waals surface area (Å²) in [6, 6.07) is -1.12. The van der Waals surface area contributed by atoms with Crippen LogP contribution in [0.1, 0.15) is 33.1 Å². The molecule has 0 fully saturated rings. The number of hydrogen-bond donors (Lipinski definition) is 2. The summed E-state index contributed by atoms with van der Waals surface area (Å²) in [6.07, 6.45) is -4.39. The fraction of sp³-hybridized carbons (Fsp3) is 1.00. The van der Waals surface area contributed by atoms with Gasteiger partial charge in [-0.05, 0) is 32.9 Å². The Hall–Kier alpha value is -0.340. The molecule has 0 saturated carbocycles. The predicted molar refractivity (Wildman–Crippen MR) is 64.8 cm³/mol. The molecule has 0 bridgehead atoms. The van der Waals surface area contributed by atoms with Crippen LogP contribution in [0.2, 0.25) is 0 Å². The molecule has 0 aromatic carbocycles. The highest BCUT2D eigenvalue weighted by atomic mass is 32.2. The van der Waals surface area contributed by atoms with E-state index < -0.39 is 28.7 Å². The van der Waals surface area contributed by atoms with Crippen LogP contribution in [0.5, 0.6) is 0 Å². The van der Waals surface area contributed by atoms with Crippen LogP contribution < -0.4 is 10.0 Å². The largest absolute Gasteiger partial charge is 0.390 e. The van der Waals surface area contributed by atoms with Gasteiger partial charge in [-0.1, -0.05) is 6.92 Å². The van der Waals surface area contributed by atoms with Gasteiger partial charge in [0.05, 0.1) is 12.2 Å². The maximum absolute atomic E-state index is 12.0. The Morgan fingerprint density at radius 2 is 1.83 bits per heavy atom. The topological polar surface area (TPSA) is 58.2 Å². The molecule has 4 nitrogen and oxygen atoms in total. The lowest BCUT2D eigenvalue weighted by atomic mass is 10.2. The molecule has 0 rings (SSSR count). The van der Waals surface area contributed by atoms with Crippen molar-refractivity contribution in [2.45, 2.75) is 45.3 Å². The lowest BCUT2D eigenvalue weighted by Gasteiger charge is -2.15. The molecule has 0 spiro atoms. The third kappa shape index (κ3) is 10.8. The smallest absolute Gasteiger partial charge is 0.317 e. The third-order valence-electron chi connectivity index (χ3n) is 2.19. The molecule has 0 aliphatic rings. The van der Waals surface area contributed by atoms with Gasteiger partial charge >= 0.3 is 6.18 Å². The highest BCUT2D eigenvalue weighted by Gasteiger charge is 2.31. The second-order valence-corrected chi connectivity index (χ2v) is 6.09. The molecule has 0 aliphatic heterocycles. The zero-order valence-electron chi connectivity index (χ0n) is 10.7. The van der Waals surface area contributed by atoms with E-state index in [-0.39, 0.29) is 5.75 Å². The van der Waals surface area contributed by atoms with Gasteiger partial charge in [-0.2, -0.15) is 13.2 Å². The minimum atomic E-state index is -4.35. The Morgan fingerprint density at radius 3 is 2.33 bits per heavy atom. The van der Waals surface area contributed by atoms with Crippen LogP contribution in [-0.4, -0.2) is 39.5 Å². The Balaban J connectivity index is 3.93. The number of hydrogen-bond acceptors (Lipinski definition) is 3. The van der Waals surface area contributed by atoms with Gasteiger partial charge < -0.3 is 5.32 Å². The van der Waals surface area contributed by atoms with E-state index in [0.717, 1.165) is 6.54 Å². The minimum absolute atomic E-state index is 0.138. The number of nitrogens with one attached hydrogen (secondary N) is 2. The fourth-order valence-electron chi connectivity index (χ4n) is 1.47. The molecular formula is C10H21F3N2O2S. The van der Waals surface area contributed by atoms with Crippen LogP contribution in [0.15, 0.2) is 0 Å². The highest BCUT2D eigenvalue weighted by molar-refractivity contribution is 7.89. The molecule has 0 heterocycles. The van der Waals surface area contributed by atoms with E-state index in [1.807, 2.05) is 11.6 Å². The number of sulfonamides is 1. The lowest BCUT2D eigenvalue weighted by molar-refractivity contribution is -0.137.